The van der Waals surface area contributed by atoms with E-state index >= 15 is 0 Å². The average molecular weight is 631 g/mol. The molecule has 7 N–H and O–H groups in total. The van der Waals surface area contributed by atoms with Gasteiger partial charge in [-0.05, 0) is 81.4 Å². The number of fused-ring (bicyclic) bond motifs is 3. The predicted molar refractivity (Wildman–Crippen MR) is 177 cm³/mol. The Kier molecular flexibility index (Phi) is 8.08. The summed E-state index contributed by atoms with van der Waals surface area (Å²) in [4.78, 5) is 26.3. The molecule has 7 rings (SSSR count). The van der Waals surface area contributed by atoms with E-state index in [0.29, 0.717) is 17.8 Å². The van der Waals surface area contributed by atoms with Gasteiger partial charge in [0.05, 0.1) is 0 Å². The molecular formula is C36H46N4O6. The molecule has 2 aromatic carbocycles. The van der Waals surface area contributed by atoms with Crippen molar-refractivity contribution in [3.63, 3.8) is 0 Å². The van der Waals surface area contributed by atoms with Crippen LogP contribution in [-0.2, 0) is 21.4 Å². The van der Waals surface area contributed by atoms with Crippen LogP contribution in [0.1, 0.15) is 56.4 Å². The number of rotatable bonds is 7. The van der Waals surface area contributed by atoms with Crippen LogP contribution in [0.2, 0.25) is 0 Å². The second-order valence-corrected chi connectivity index (χ2v) is 14.3. The van der Waals surface area contributed by atoms with Crippen LogP contribution >= 0.6 is 0 Å². The zero-order chi connectivity index (χ0) is 33.2. The van der Waals surface area contributed by atoms with E-state index in [1.807, 2.05) is 0 Å². The third-order valence-corrected chi connectivity index (χ3v) is 11.3. The molecular weight excluding hydrogens is 584 g/mol. The number of carboxylic acid groups (broad SMARTS) is 2. The minimum absolute atomic E-state index is 0.0291. The van der Waals surface area contributed by atoms with Crippen LogP contribution in [0.5, 0.6) is 0 Å². The SMILES string of the molecule is CNCCc1c(C2[C@@H]3[C@H](C=C(C)CC3(C)C)[C@]34Nc5ccccc5[C@]23CCN4C)[nH]c2ccccc12.O=C(O)[C@H](O)[C@@H](O)C(=O)O. The maximum atomic E-state index is 9.77. The van der Waals surface area contributed by atoms with E-state index in [1.165, 1.54) is 46.3 Å². The molecule has 3 heterocycles. The number of aromatic amines is 1. The van der Waals surface area contributed by atoms with Crippen LogP contribution in [0.4, 0.5) is 5.69 Å². The number of allylic oxidation sites excluding steroid dienone is 1. The first-order valence-corrected chi connectivity index (χ1v) is 16.1. The summed E-state index contributed by atoms with van der Waals surface area (Å²) < 4.78 is 0. The van der Waals surface area contributed by atoms with Crippen molar-refractivity contribution in [2.24, 2.45) is 17.3 Å². The lowest BCUT2D eigenvalue weighted by atomic mass is 9.59. The fourth-order valence-corrected chi connectivity index (χ4v) is 9.82. The normalized spacial score (nSPS) is 30.2. The number of nitrogens with zero attached hydrogens (tertiary/aromatic N) is 1. The summed E-state index contributed by atoms with van der Waals surface area (Å²) in [6.45, 7) is 9.56. The molecule has 4 aliphatic rings. The van der Waals surface area contributed by atoms with Gasteiger partial charge in [0, 0.05) is 46.1 Å². The molecule has 1 saturated heterocycles. The number of aliphatic hydroxyl groups excluding tert-OH is 2. The topological polar surface area (TPSA) is 158 Å². The van der Waals surface area contributed by atoms with Crippen LogP contribution in [0.15, 0.2) is 60.2 Å². The van der Waals surface area contributed by atoms with E-state index in [4.69, 9.17) is 20.4 Å². The number of aliphatic carboxylic acids is 2. The predicted octanol–water partition coefficient (Wildman–Crippen LogP) is 3.91. The first kappa shape index (κ1) is 32.2. The zero-order valence-electron chi connectivity index (χ0n) is 27.2. The van der Waals surface area contributed by atoms with E-state index in [1.54, 1.807) is 5.57 Å². The second-order valence-electron chi connectivity index (χ2n) is 14.3. The number of carboxylic acids is 2. The third-order valence-electron chi connectivity index (χ3n) is 11.3. The Bertz CT molecular complexity index is 1680. The summed E-state index contributed by atoms with van der Waals surface area (Å²) in [5, 5.41) is 41.6. The van der Waals surface area contributed by atoms with Crippen molar-refractivity contribution in [3.8, 4) is 0 Å². The average Bonchev–Trinajstić information content (AvgIpc) is 3.68. The van der Waals surface area contributed by atoms with Gasteiger partial charge in [0.25, 0.3) is 0 Å². The van der Waals surface area contributed by atoms with Gasteiger partial charge in [-0.1, -0.05) is 61.9 Å². The van der Waals surface area contributed by atoms with Crippen LogP contribution in [-0.4, -0.2) is 87.3 Å². The monoisotopic (exact) mass is 630 g/mol. The first-order chi connectivity index (χ1) is 21.8. The molecule has 3 aromatic rings. The van der Waals surface area contributed by atoms with E-state index in [2.05, 4.69) is 110 Å². The Morgan fingerprint density at radius 3 is 2.37 bits per heavy atom. The van der Waals surface area contributed by atoms with Crippen LogP contribution in [0, 0.1) is 17.3 Å². The number of carbonyl (C=O) groups is 2. The maximum absolute atomic E-state index is 9.77. The fraction of sp³-hybridized carbons (Fsp3) is 0.500. The summed E-state index contributed by atoms with van der Waals surface area (Å²) >= 11 is 0. The number of H-pyrrole nitrogens is 1. The van der Waals surface area contributed by atoms with Crippen molar-refractivity contribution in [1.82, 2.24) is 15.2 Å². The van der Waals surface area contributed by atoms with Crippen molar-refractivity contribution < 1.29 is 30.0 Å². The van der Waals surface area contributed by atoms with E-state index in [0.717, 1.165) is 19.5 Å². The molecule has 1 saturated carbocycles. The quantitative estimate of drug-likeness (QED) is 0.192. The van der Waals surface area contributed by atoms with Crippen LogP contribution in [0.3, 0.4) is 0 Å². The van der Waals surface area contributed by atoms with Gasteiger partial charge in [-0.2, -0.15) is 0 Å². The van der Waals surface area contributed by atoms with Gasteiger partial charge in [0.15, 0.2) is 12.2 Å². The zero-order valence-corrected chi connectivity index (χ0v) is 27.2. The van der Waals surface area contributed by atoms with Gasteiger partial charge < -0.3 is 36.0 Å². The lowest BCUT2D eigenvalue weighted by Gasteiger charge is -2.47. The molecule has 0 spiro atoms. The van der Waals surface area contributed by atoms with Crippen molar-refractivity contribution in [1.29, 1.82) is 0 Å². The van der Waals surface area contributed by atoms with Crippen LogP contribution in [0.25, 0.3) is 10.9 Å². The molecule has 7 atom stereocenters. The summed E-state index contributed by atoms with van der Waals surface area (Å²) in [5.74, 6) is -2.12. The number of likely N-dealkylation sites (N-methyl/N-ethyl adjacent to an activating group) is 2. The van der Waals surface area contributed by atoms with Crippen molar-refractivity contribution in [3.05, 3.63) is 77.0 Å². The molecule has 10 heteroatoms. The third kappa shape index (κ3) is 4.52. The minimum atomic E-state index is -2.27. The highest BCUT2D eigenvalue weighted by Crippen LogP contribution is 2.75. The van der Waals surface area contributed by atoms with Gasteiger partial charge in [-0.25, -0.2) is 9.59 Å². The highest BCUT2D eigenvalue weighted by Gasteiger charge is 2.78. The van der Waals surface area contributed by atoms with Crippen molar-refractivity contribution in [2.45, 2.75) is 69.2 Å². The van der Waals surface area contributed by atoms with Crippen molar-refractivity contribution >= 4 is 28.5 Å². The molecule has 246 valence electrons. The van der Waals surface area contributed by atoms with E-state index < -0.39 is 24.1 Å². The number of hydrogen-bond acceptors (Lipinski definition) is 7. The molecule has 2 aliphatic carbocycles. The lowest BCUT2D eigenvalue weighted by molar-refractivity contribution is -0.165. The Hall–Kier alpha value is -3.70. The number of hydrogen-bond donors (Lipinski definition) is 7. The standard InChI is InChI=1S/C32H40N4.C4H6O6/c1-20-18-24-27(30(2,3)19-20)28(29-22(14-16-33-4)21-10-6-8-12-25(21)34-29)31-15-17-36(5)32(24,31)35-26-13-9-7-11-23(26)31;5-1(3(7)8)2(6)4(9)10/h6-13,18,24,27-28,33-35H,14-17,19H2,1-5H3;1-2,5-6H,(H,7,8)(H,9,10)/t24-,27-,28?,31+,32+;1-,2-/m01/s1. The smallest absolute Gasteiger partial charge is 0.335 e. The highest BCUT2D eigenvalue weighted by atomic mass is 16.4. The Morgan fingerprint density at radius 2 is 1.70 bits per heavy atom. The van der Waals surface area contributed by atoms with E-state index in [9.17, 15) is 9.59 Å². The summed E-state index contributed by atoms with van der Waals surface area (Å²) in [6, 6.07) is 18.2. The molecule has 2 aliphatic heterocycles. The number of aliphatic hydroxyl groups is 2. The maximum Gasteiger partial charge on any atom is 0.335 e. The van der Waals surface area contributed by atoms with Gasteiger partial charge in [0.1, 0.15) is 5.66 Å². The minimum Gasteiger partial charge on any atom is -0.479 e. The number of aromatic nitrogens is 1. The number of anilines is 1. The molecule has 1 aromatic heterocycles. The Balaban J connectivity index is 0.000000324. The molecule has 0 radical (unpaired) electrons. The molecule has 0 bridgehead atoms. The first-order valence-electron chi connectivity index (χ1n) is 16.1. The number of nitrogens with one attached hydrogen (secondary N) is 3. The largest absolute Gasteiger partial charge is 0.479 e. The molecule has 2 fully saturated rings. The highest BCUT2D eigenvalue weighted by molar-refractivity contribution is 5.86. The summed E-state index contributed by atoms with van der Waals surface area (Å²) in [7, 11) is 4.45. The Labute approximate surface area is 269 Å². The molecule has 0 amide bonds. The summed E-state index contributed by atoms with van der Waals surface area (Å²) in [6.07, 6.45) is 1.55. The molecule has 46 heavy (non-hydrogen) atoms. The van der Waals surface area contributed by atoms with Gasteiger partial charge in [-0.3, -0.25) is 4.90 Å². The fourth-order valence-electron chi connectivity index (χ4n) is 9.82. The summed E-state index contributed by atoms with van der Waals surface area (Å²) in [5.41, 5.74) is 8.89. The Morgan fingerprint density at radius 1 is 1.04 bits per heavy atom. The van der Waals surface area contributed by atoms with E-state index in [-0.39, 0.29) is 16.5 Å². The molecule has 1 unspecified atom stereocenters. The lowest BCUT2D eigenvalue weighted by Crippen LogP contribution is -2.59. The van der Waals surface area contributed by atoms with Crippen molar-refractivity contribution in [2.75, 3.05) is 32.5 Å². The number of likely N-dealkylation sites (tertiary alicyclic amines) is 1. The van der Waals surface area contributed by atoms with Gasteiger partial charge in [0.2, 0.25) is 0 Å². The number of benzene rings is 2. The second kappa shape index (κ2) is 11.5. The van der Waals surface area contributed by atoms with Gasteiger partial charge >= 0.3 is 11.9 Å². The number of para-hydroxylation sites is 2. The molecule has 10 nitrogen and oxygen atoms in total. The van der Waals surface area contributed by atoms with Gasteiger partial charge in [-0.15, -0.1) is 0 Å². The van der Waals surface area contributed by atoms with Crippen LogP contribution < -0.4 is 10.6 Å².